The molecule has 7 heteroatoms. The van der Waals surface area contributed by atoms with Crippen molar-refractivity contribution in [3.8, 4) is 5.69 Å². The van der Waals surface area contributed by atoms with Gasteiger partial charge in [0.2, 0.25) is 0 Å². The lowest BCUT2D eigenvalue weighted by Crippen LogP contribution is -2.00. The van der Waals surface area contributed by atoms with Crippen LogP contribution in [0.2, 0.25) is 0 Å². The molecule has 0 unspecified atom stereocenters. The molecule has 1 saturated heterocycles. The molecule has 0 saturated carbocycles. The molecule has 126 valence electrons. The summed E-state index contributed by atoms with van der Waals surface area (Å²) in [6.45, 7) is 4.94. The molecule has 25 heavy (non-hydrogen) atoms. The van der Waals surface area contributed by atoms with Crippen LogP contribution in [0.1, 0.15) is 35.9 Å². The summed E-state index contributed by atoms with van der Waals surface area (Å²) in [5.41, 5.74) is 4.95. The van der Waals surface area contributed by atoms with Crippen molar-refractivity contribution in [1.82, 2.24) is 29.4 Å². The van der Waals surface area contributed by atoms with Crippen LogP contribution < -0.4 is 0 Å². The Morgan fingerprint density at radius 1 is 1.12 bits per heavy atom. The van der Waals surface area contributed by atoms with Crippen LogP contribution in [0.5, 0.6) is 0 Å². The van der Waals surface area contributed by atoms with Gasteiger partial charge in [0.15, 0.2) is 17.1 Å². The Kier molecular flexibility index (Phi) is 3.11. The highest BCUT2D eigenvalue weighted by atomic mass is 16.5. The van der Waals surface area contributed by atoms with Crippen molar-refractivity contribution >= 4 is 16.7 Å². The largest absolute Gasteiger partial charge is 0.370 e. The predicted octanol–water partition coefficient (Wildman–Crippen LogP) is 2.93. The number of fused-ring (bicyclic) bond motifs is 3. The van der Waals surface area contributed by atoms with E-state index in [0.717, 1.165) is 47.6 Å². The molecule has 0 radical (unpaired) electrons. The molecule has 1 aliphatic rings. The number of aryl methyl sites for hydroxylation is 2. The van der Waals surface area contributed by atoms with Gasteiger partial charge in [0, 0.05) is 6.61 Å². The van der Waals surface area contributed by atoms with E-state index in [-0.39, 0.29) is 6.10 Å². The molecule has 3 aromatic heterocycles. The minimum atomic E-state index is -0.00980. The molecule has 4 aromatic rings. The normalized spacial score (nSPS) is 17.8. The van der Waals surface area contributed by atoms with Gasteiger partial charge in [-0.2, -0.15) is 5.10 Å². The standard InChI is InChI=1S/C18H18N6O/c1-11-6-12(2)8-13(7-11)24-17-14(9-20-24)18-21-16(15-4-3-5-25-15)22-23(18)10-19-17/h6-10,15H,3-5H2,1-2H3/t15-/m1/s1. The first kappa shape index (κ1) is 14.5. The molecule has 7 nitrogen and oxygen atoms in total. The lowest BCUT2D eigenvalue weighted by Gasteiger charge is -2.06. The molecule has 0 N–H and O–H groups in total. The number of ether oxygens (including phenoxy) is 1. The van der Waals surface area contributed by atoms with E-state index in [4.69, 9.17) is 9.72 Å². The zero-order chi connectivity index (χ0) is 17.0. The molecule has 1 atom stereocenters. The Morgan fingerprint density at radius 3 is 2.72 bits per heavy atom. The van der Waals surface area contributed by atoms with Gasteiger partial charge in [-0.15, -0.1) is 5.10 Å². The van der Waals surface area contributed by atoms with Crippen LogP contribution in [-0.2, 0) is 4.74 Å². The van der Waals surface area contributed by atoms with Gasteiger partial charge in [-0.25, -0.2) is 19.2 Å². The van der Waals surface area contributed by atoms with Crippen LogP contribution in [-0.4, -0.2) is 36.0 Å². The minimum Gasteiger partial charge on any atom is -0.370 e. The van der Waals surface area contributed by atoms with Crippen LogP contribution >= 0.6 is 0 Å². The first-order chi connectivity index (χ1) is 12.2. The van der Waals surface area contributed by atoms with E-state index in [0.29, 0.717) is 0 Å². The average Bonchev–Trinajstić information content (AvgIpc) is 3.31. The van der Waals surface area contributed by atoms with Gasteiger partial charge in [0.05, 0.1) is 17.3 Å². The molecule has 0 aliphatic carbocycles. The second-order valence-electron chi connectivity index (χ2n) is 6.62. The van der Waals surface area contributed by atoms with E-state index in [9.17, 15) is 0 Å². The smallest absolute Gasteiger partial charge is 0.180 e. The molecular weight excluding hydrogens is 316 g/mol. The highest BCUT2D eigenvalue weighted by Crippen LogP contribution is 2.28. The van der Waals surface area contributed by atoms with Crippen LogP contribution in [0.15, 0.2) is 30.7 Å². The highest BCUT2D eigenvalue weighted by molar-refractivity contribution is 5.89. The monoisotopic (exact) mass is 334 g/mol. The van der Waals surface area contributed by atoms with Gasteiger partial charge >= 0.3 is 0 Å². The van der Waals surface area contributed by atoms with E-state index >= 15 is 0 Å². The van der Waals surface area contributed by atoms with Crippen molar-refractivity contribution < 1.29 is 4.74 Å². The van der Waals surface area contributed by atoms with Gasteiger partial charge in [0.1, 0.15) is 12.4 Å². The van der Waals surface area contributed by atoms with Crippen LogP contribution in [0.4, 0.5) is 0 Å². The molecule has 0 amide bonds. The number of benzene rings is 1. The molecule has 5 rings (SSSR count). The van der Waals surface area contributed by atoms with Crippen molar-refractivity contribution in [2.45, 2.75) is 32.8 Å². The lowest BCUT2D eigenvalue weighted by atomic mass is 10.1. The second kappa shape index (κ2) is 5.35. The second-order valence-corrected chi connectivity index (χ2v) is 6.62. The van der Waals surface area contributed by atoms with Crippen molar-refractivity contribution in [2.24, 2.45) is 0 Å². The van der Waals surface area contributed by atoms with E-state index in [1.807, 2.05) is 10.9 Å². The molecule has 0 spiro atoms. The van der Waals surface area contributed by atoms with Crippen LogP contribution in [0, 0.1) is 13.8 Å². The fourth-order valence-electron chi connectivity index (χ4n) is 3.52. The molecule has 0 bridgehead atoms. The highest BCUT2D eigenvalue weighted by Gasteiger charge is 2.23. The summed E-state index contributed by atoms with van der Waals surface area (Å²) < 4.78 is 9.27. The molecule has 1 aliphatic heterocycles. The van der Waals surface area contributed by atoms with E-state index in [1.54, 1.807) is 10.8 Å². The Bertz CT molecular complexity index is 1070. The van der Waals surface area contributed by atoms with Crippen molar-refractivity contribution in [3.63, 3.8) is 0 Å². The minimum absolute atomic E-state index is 0.00980. The third-order valence-corrected chi connectivity index (χ3v) is 4.59. The lowest BCUT2D eigenvalue weighted by molar-refractivity contribution is 0.105. The third kappa shape index (κ3) is 2.31. The summed E-state index contributed by atoms with van der Waals surface area (Å²) in [7, 11) is 0. The summed E-state index contributed by atoms with van der Waals surface area (Å²) in [5, 5.41) is 9.97. The van der Waals surface area contributed by atoms with Gasteiger partial charge in [-0.05, 0) is 49.9 Å². The summed E-state index contributed by atoms with van der Waals surface area (Å²) in [6, 6.07) is 6.35. The van der Waals surface area contributed by atoms with Crippen LogP contribution in [0.3, 0.4) is 0 Å². The third-order valence-electron chi connectivity index (χ3n) is 4.59. The number of hydrogen-bond donors (Lipinski definition) is 0. The fourth-order valence-corrected chi connectivity index (χ4v) is 3.52. The van der Waals surface area contributed by atoms with Gasteiger partial charge in [-0.1, -0.05) is 6.07 Å². The zero-order valence-corrected chi connectivity index (χ0v) is 14.2. The Labute approximate surface area is 144 Å². The topological polar surface area (TPSA) is 70.1 Å². The Morgan fingerprint density at radius 2 is 1.96 bits per heavy atom. The maximum atomic E-state index is 5.70. The Balaban J connectivity index is 1.68. The average molecular weight is 334 g/mol. The Hall–Kier alpha value is -2.80. The SMILES string of the molecule is Cc1cc(C)cc(-n2ncc3c2ncn2nc([C@H]4CCCO4)nc32)c1. The summed E-state index contributed by atoms with van der Waals surface area (Å²) in [5.74, 6) is 0.728. The first-order valence-corrected chi connectivity index (χ1v) is 8.48. The van der Waals surface area contributed by atoms with E-state index in [2.05, 4.69) is 47.2 Å². The zero-order valence-electron chi connectivity index (χ0n) is 14.2. The van der Waals surface area contributed by atoms with Gasteiger partial charge < -0.3 is 4.74 Å². The van der Waals surface area contributed by atoms with Crippen molar-refractivity contribution in [3.05, 3.63) is 47.7 Å². The number of hydrogen-bond acceptors (Lipinski definition) is 5. The maximum Gasteiger partial charge on any atom is 0.180 e. The summed E-state index contributed by atoms with van der Waals surface area (Å²) >= 11 is 0. The number of aromatic nitrogens is 6. The van der Waals surface area contributed by atoms with Crippen molar-refractivity contribution in [2.75, 3.05) is 6.61 Å². The molecule has 1 fully saturated rings. The predicted molar refractivity (Wildman–Crippen MR) is 92.8 cm³/mol. The first-order valence-electron chi connectivity index (χ1n) is 8.48. The number of nitrogens with zero attached hydrogens (tertiary/aromatic N) is 6. The van der Waals surface area contributed by atoms with Crippen molar-refractivity contribution in [1.29, 1.82) is 0 Å². The number of rotatable bonds is 2. The van der Waals surface area contributed by atoms with Gasteiger partial charge in [0.25, 0.3) is 0 Å². The van der Waals surface area contributed by atoms with E-state index < -0.39 is 0 Å². The summed E-state index contributed by atoms with van der Waals surface area (Å²) in [4.78, 5) is 9.26. The van der Waals surface area contributed by atoms with Crippen LogP contribution in [0.25, 0.3) is 22.4 Å². The molecule has 4 heterocycles. The summed E-state index contributed by atoms with van der Waals surface area (Å²) in [6.07, 6.45) is 5.52. The fraction of sp³-hybridized carbons (Fsp3) is 0.333. The maximum absolute atomic E-state index is 5.70. The van der Waals surface area contributed by atoms with Gasteiger partial charge in [-0.3, -0.25) is 0 Å². The molecule has 1 aromatic carbocycles. The van der Waals surface area contributed by atoms with E-state index in [1.165, 1.54) is 11.1 Å². The molecular formula is C18H18N6O. The quantitative estimate of drug-likeness (QED) is 0.564.